The van der Waals surface area contributed by atoms with Gasteiger partial charge in [-0.25, -0.2) is 8.42 Å². The van der Waals surface area contributed by atoms with Gasteiger partial charge in [-0.05, 0) is 54.7 Å². The molecule has 0 saturated carbocycles. The maximum Gasteiger partial charge on any atom is 0.251 e. The Morgan fingerprint density at radius 2 is 1.88 bits per heavy atom. The van der Waals surface area contributed by atoms with E-state index in [-0.39, 0.29) is 11.7 Å². The summed E-state index contributed by atoms with van der Waals surface area (Å²) in [7, 11) is -1.91. The van der Waals surface area contributed by atoms with Gasteiger partial charge < -0.3 is 5.32 Å². The zero-order valence-electron chi connectivity index (χ0n) is 14.5. The monoisotopic (exact) mass is 358 g/mol. The third kappa shape index (κ3) is 3.69. The number of rotatable bonds is 4. The molecule has 0 unspecified atom stereocenters. The molecule has 3 rings (SSSR count). The van der Waals surface area contributed by atoms with E-state index in [1.54, 1.807) is 31.3 Å². The van der Waals surface area contributed by atoms with Gasteiger partial charge in [-0.3, -0.25) is 9.10 Å². The van der Waals surface area contributed by atoms with Crippen molar-refractivity contribution in [3.63, 3.8) is 0 Å². The summed E-state index contributed by atoms with van der Waals surface area (Å²) in [5, 5.41) is 2.55. The summed E-state index contributed by atoms with van der Waals surface area (Å²) in [6.45, 7) is 2.48. The molecule has 0 fully saturated rings. The third-order valence-corrected chi connectivity index (χ3v) is 6.19. The molecular formula is C19H22N2O3S. The number of fused-ring (bicyclic) bond motifs is 1. The standard InChI is InChI=1S/C19H22N2O3S/c1-14-5-8-16-4-3-11-21(18(16)12-14)25(23,24)13-15-6-9-17(10-7-15)19(22)20-2/h5-10,12H,3-4,11,13H2,1-2H3,(H,20,22). The van der Waals surface area contributed by atoms with Crippen molar-refractivity contribution in [2.24, 2.45) is 0 Å². The van der Waals surface area contributed by atoms with Gasteiger partial charge in [0.15, 0.2) is 0 Å². The molecule has 0 atom stereocenters. The minimum atomic E-state index is -3.47. The smallest absolute Gasteiger partial charge is 0.251 e. The zero-order chi connectivity index (χ0) is 18.0. The van der Waals surface area contributed by atoms with Gasteiger partial charge in [0.1, 0.15) is 0 Å². The minimum absolute atomic E-state index is 0.0750. The van der Waals surface area contributed by atoms with Crippen LogP contribution in [0.4, 0.5) is 5.69 Å². The molecule has 1 aliphatic heterocycles. The fraction of sp³-hybridized carbons (Fsp3) is 0.316. The number of hydrogen-bond donors (Lipinski definition) is 1. The highest BCUT2D eigenvalue weighted by atomic mass is 32.2. The van der Waals surface area contributed by atoms with Crippen LogP contribution in [0.25, 0.3) is 0 Å². The molecule has 0 spiro atoms. The van der Waals surface area contributed by atoms with Crippen molar-refractivity contribution in [2.75, 3.05) is 17.9 Å². The Kier molecular flexibility index (Phi) is 4.81. The molecule has 5 nitrogen and oxygen atoms in total. The van der Waals surface area contributed by atoms with Gasteiger partial charge in [-0.15, -0.1) is 0 Å². The van der Waals surface area contributed by atoms with Gasteiger partial charge in [0.2, 0.25) is 10.0 Å². The highest BCUT2D eigenvalue weighted by molar-refractivity contribution is 7.92. The van der Waals surface area contributed by atoms with Gasteiger partial charge in [0, 0.05) is 19.2 Å². The van der Waals surface area contributed by atoms with Crippen molar-refractivity contribution >= 4 is 21.6 Å². The number of benzene rings is 2. The highest BCUT2D eigenvalue weighted by Gasteiger charge is 2.27. The van der Waals surface area contributed by atoms with Crippen LogP contribution in [0.2, 0.25) is 0 Å². The Bertz CT molecular complexity index is 889. The predicted molar refractivity (Wildman–Crippen MR) is 99.3 cm³/mol. The Labute approximate surface area is 148 Å². The van der Waals surface area contributed by atoms with E-state index in [0.29, 0.717) is 17.7 Å². The summed E-state index contributed by atoms with van der Waals surface area (Å²) < 4.78 is 27.4. The lowest BCUT2D eigenvalue weighted by molar-refractivity contribution is 0.0963. The van der Waals surface area contributed by atoms with Gasteiger partial charge in [0.25, 0.3) is 5.91 Å². The van der Waals surface area contributed by atoms with Crippen LogP contribution in [0.15, 0.2) is 42.5 Å². The zero-order valence-corrected chi connectivity index (χ0v) is 15.3. The van der Waals surface area contributed by atoms with Gasteiger partial charge in [-0.1, -0.05) is 24.3 Å². The normalized spacial score (nSPS) is 14.1. The molecule has 1 heterocycles. The molecule has 0 aliphatic carbocycles. The second kappa shape index (κ2) is 6.88. The second-order valence-corrected chi connectivity index (χ2v) is 8.23. The summed E-state index contributed by atoms with van der Waals surface area (Å²) in [6, 6.07) is 12.7. The topological polar surface area (TPSA) is 66.5 Å². The molecule has 6 heteroatoms. The first-order valence-electron chi connectivity index (χ1n) is 8.32. The average Bonchev–Trinajstić information content (AvgIpc) is 2.60. The molecule has 0 aromatic heterocycles. The first-order valence-corrected chi connectivity index (χ1v) is 9.92. The summed E-state index contributed by atoms with van der Waals surface area (Å²) in [5.41, 5.74) is 4.12. The Morgan fingerprint density at radius 1 is 1.16 bits per heavy atom. The van der Waals surface area contributed by atoms with Crippen LogP contribution in [0, 0.1) is 6.92 Å². The van der Waals surface area contributed by atoms with Crippen LogP contribution in [-0.4, -0.2) is 27.9 Å². The molecule has 0 bridgehead atoms. The number of nitrogens with zero attached hydrogens (tertiary/aromatic N) is 1. The lowest BCUT2D eigenvalue weighted by atomic mass is 10.0. The number of aryl methyl sites for hydroxylation is 2. The first-order chi connectivity index (χ1) is 11.9. The Hall–Kier alpha value is -2.34. The van der Waals surface area contributed by atoms with Crippen molar-refractivity contribution in [3.8, 4) is 0 Å². The lowest BCUT2D eigenvalue weighted by Gasteiger charge is -2.31. The first kappa shape index (κ1) is 17.5. The van der Waals surface area contributed by atoms with Gasteiger partial charge in [0.05, 0.1) is 11.4 Å². The maximum absolute atomic E-state index is 13.0. The van der Waals surface area contributed by atoms with Crippen LogP contribution in [-0.2, 0) is 22.2 Å². The number of nitrogens with one attached hydrogen (secondary N) is 1. The van der Waals surface area contributed by atoms with Crippen molar-refractivity contribution in [3.05, 3.63) is 64.7 Å². The number of carbonyl (C=O) groups excluding carboxylic acids is 1. The largest absolute Gasteiger partial charge is 0.355 e. The molecule has 1 aliphatic rings. The molecule has 0 radical (unpaired) electrons. The maximum atomic E-state index is 13.0. The molecule has 1 amide bonds. The Balaban J connectivity index is 1.86. The van der Waals surface area contributed by atoms with Crippen LogP contribution < -0.4 is 9.62 Å². The highest BCUT2D eigenvalue weighted by Crippen LogP contribution is 2.31. The van der Waals surface area contributed by atoms with E-state index in [1.165, 1.54) is 4.31 Å². The van der Waals surface area contributed by atoms with Gasteiger partial charge in [-0.2, -0.15) is 0 Å². The molecule has 2 aromatic rings. The van der Waals surface area contributed by atoms with E-state index < -0.39 is 10.0 Å². The summed E-state index contributed by atoms with van der Waals surface area (Å²) in [4.78, 5) is 11.6. The van der Waals surface area contributed by atoms with E-state index >= 15 is 0 Å². The lowest BCUT2D eigenvalue weighted by Crippen LogP contribution is -2.36. The van der Waals surface area contributed by atoms with Crippen LogP contribution in [0.1, 0.15) is 33.5 Å². The van der Waals surface area contributed by atoms with E-state index in [0.717, 1.165) is 29.7 Å². The molecular weight excluding hydrogens is 336 g/mol. The fourth-order valence-corrected chi connectivity index (χ4v) is 4.77. The van der Waals surface area contributed by atoms with E-state index in [2.05, 4.69) is 5.32 Å². The van der Waals surface area contributed by atoms with Crippen LogP contribution >= 0.6 is 0 Å². The summed E-state index contributed by atoms with van der Waals surface area (Å²) in [5.74, 6) is -0.260. The average molecular weight is 358 g/mol. The summed E-state index contributed by atoms with van der Waals surface area (Å²) >= 11 is 0. The molecule has 132 valence electrons. The minimum Gasteiger partial charge on any atom is -0.355 e. The van der Waals surface area contributed by atoms with Crippen molar-refractivity contribution < 1.29 is 13.2 Å². The molecule has 1 N–H and O–H groups in total. The van der Waals surface area contributed by atoms with Crippen molar-refractivity contribution in [1.82, 2.24) is 5.32 Å². The fourth-order valence-electron chi connectivity index (χ4n) is 3.13. The van der Waals surface area contributed by atoms with Gasteiger partial charge >= 0.3 is 0 Å². The van der Waals surface area contributed by atoms with Crippen LogP contribution in [0.3, 0.4) is 0 Å². The summed E-state index contributed by atoms with van der Waals surface area (Å²) in [6.07, 6.45) is 1.73. The number of carbonyl (C=O) groups is 1. The van der Waals surface area contributed by atoms with E-state index in [9.17, 15) is 13.2 Å². The number of sulfonamides is 1. The second-order valence-electron chi connectivity index (χ2n) is 6.34. The number of hydrogen-bond acceptors (Lipinski definition) is 3. The van der Waals surface area contributed by atoms with E-state index in [1.807, 2.05) is 25.1 Å². The molecule has 0 saturated heterocycles. The van der Waals surface area contributed by atoms with E-state index in [4.69, 9.17) is 0 Å². The molecule has 2 aromatic carbocycles. The van der Waals surface area contributed by atoms with Crippen molar-refractivity contribution in [2.45, 2.75) is 25.5 Å². The van der Waals surface area contributed by atoms with Crippen molar-refractivity contribution in [1.29, 1.82) is 0 Å². The van der Waals surface area contributed by atoms with Crippen LogP contribution in [0.5, 0.6) is 0 Å². The number of amides is 1. The molecule has 25 heavy (non-hydrogen) atoms. The third-order valence-electron chi connectivity index (χ3n) is 4.44. The predicted octanol–water partition coefficient (Wildman–Crippen LogP) is 2.64. The quantitative estimate of drug-likeness (QED) is 0.914. The Morgan fingerprint density at radius 3 is 2.56 bits per heavy atom. The SMILES string of the molecule is CNC(=O)c1ccc(CS(=O)(=O)N2CCCc3ccc(C)cc32)cc1. The number of anilines is 1.